The monoisotopic (exact) mass is 472 g/mol. The Kier molecular flexibility index (Phi) is 7.56. The van der Waals surface area contributed by atoms with Crippen LogP contribution in [0.5, 0.6) is 11.5 Å². The van der Waals surface area contributed by atoms with Gasteiger partial charge in [0.1, 0.15) is 24.7 Å². The summed E-state index contributed by atoms with van der Waals surface area (Å²) >= 11 is 0. The van der Waals surface area contributed by atoms with Gasteiger partial charge < -0.3 is 19.5 Å². The average molecular weight is 473 g/mol. The first-order valence-electron chi connectivity index (χ1n) is 12.3. The molecule has 182 valence electrons. The van der Waals surface area contributed by atoms with E-state index in [0.717, 1.165) is 46.1 Å². The summed E-state index contributed by atoms with van der Waals surface area (Å²) in [4.78, 5) is 11.7. The molecule has 0 unspecified atom stereocenters. The first-order valence-corrected chi connectivity index (χ1v) is 12.3. The summed E-state index contributed by atoms with van der Waals surface area (Å²) in [5, 5.41) is 3.35. The summed E-state index contributed by atoms with van der Waals surface area (Å²) in [5.74, 6) is 2.22. The highest BCUT2D eigenvalue weighted by Gasteiger charge is 2.13. The lowest BCUT2D eigenvalue weighted by atomic mass is 10.0. The second kappa shape index (κ2) is 11.3. The molecule has 3 aromatic rings. The van der Waals surface area contributed by atoms with E-state index in [1.54, 1.807) is 6.20 Å². The molecule has 1 N–H and O–H groups in total. The minimum absolute atomic E-state index is 0.445. The van der Waals surface area contributed by atoms with Gasteiger partial charge in [0.15, 0.2) is 0 Å². The van der Waals surface area contributed by atoms with E-state index in [0.29, 0.717) is 32.4 Å². The van der Waals surface area contributed by atoms with E-state index in [1.165, 1.54) is 25.9 Å². The van der Waals surface area contributed by atoms with Crippen LogP contribution in [0.2, 0.25) is 0 Å². The number of aromatic nitrogens is 2. The van der Waals surface area contributed by atoms with Gasteiger partial charge in [0, 0.05) is 35.1 Å². The highest BCUT2D eigenvalue weighted by Crippen LogP contribution is 2.30. The maximum atomic E-state index is 6.17. The molecule has 2 aliphatic rings. The summed E-state index contributed by atoms with van der Waals surface area (Å²) in [6, 6.07) is 14.0. The average Bonchev–Trinajstić information content (AvgIpc) is 3.39. The number of benzene rings is 2. The summed E-state index contributed by atoms with van der Waals surface area (Å²) in [6.07, 6.45) is 8.31. The molecule has 5 rings (SSSR count). The molecule has 0 atom stereocenters. The maximum absolute atomic E-state index is 6.17. The van der Waals surface area contributed by atoms with Crippen molar-refractivity contribution >= 4 is 11.6 Å². The fraction of sp³-hybridized carbons (Fsp3) is 0.357. The number of fused-ring (bicyclic) bond motifs is 7. The molecule has 1 saturated heterocycles. The fourth-order valence-corrected chi connectivity index (χ4v) is 4.46. The highest BCUT2D eigenvalue weighted by molar-refractivity contribution is 5.68. The van der Waals surface area contributed by atoms with Crippen molar-refractivity contribution in [1.29, 1.82) is 0 Å². The van der Waals surface area contributed by atoms with Crippen molar-refractivity contribution in [1.82, 2.24) is 14.9 Å². The molecule has 3 heterocycles. The Bertz CT molecular complexity index is 1170. The normalized spacial score (nSPS) is 17.2. The zero-order valence-electron chi connectivity index (χ0n) is 20.2. The number of ether oxygens (including phenoxy) is 3. The van der Waals surface area contributed by atoms with E-state index in [-0.39, 0.29) is 0 Å². The van der Waals surface area contributed by atoms with Gasteiger partial charge in [0.05, 0.1) is 18.9 Å². The van der Waals surface area contributed by atoms with E-state index in [4.69, 9.17) is 19.2 Å². The molecule has 35 heavy (non-hydrogen) atoms. The van der Waals surface area contributed by atoms with Gasteiger partial charge in [-0.1, -0.05) is 18.2 Å². The Morgan fingerprint density at radius 2 is 1.94 bits per heavy atom. The molecule has 7 heteroatoms. The van der Waals surface area contributed by atoms with Gasteiger partial charge in [-0.2, -0.15) is 0 Å². The Labute approximate surface area is 206 Å². The summed E-state index contributed by atoms with van der Waals surface area (Å²) in [7, 11) is 0. The zero-order chi connectivity index (χ0) is 23.9. The standard InChI is InChI=1S/C28H32N4O3/c1-21-24-7-6-8-26(21)34-17-5-4-16-33-20-22-19-23(30-28-29-12-11-25(24)31-28)9-10-27(22)35-18-15-32-13-2-3-14-32/h4-12,19H,2-3,13-18,20H2,1H3,(H,29,30,31)/b5-4+. The van der Waals surface area contributed by atoms with E-state index in [2.05, 4.69) is 34.3 Å². The Morgan fingerprint density at radius 3 is 2.86 bits per heavy atom. The smallest absolute Gasteiger partial charge is 0.227 e. The minimum atomic E-state index is 0.445. The summed E-state index contributed by atoms with van der Waals surface area (Å²) in [6.45, 7) is 7.42. The number of rotatable bonds is 4. The van der Waals surface area contributed by atoms with Crippen molar-refractivity contribution in [2.24, 2.45) is 0 Å². The van der Waals surface area contributed by atoms with Crippen LogP contribution in [0, 0.1) is 6.92 Å². The Balaban J connectivity index is 1.40. The van der Waals surface area contributed by atoms with E-state index >= 15 is 0 Å². The van der Waals surface area contributed by atoms with Crippen molar-refractivity contribution in [2.75, 3.05) is 44.8 Å². The predicted molar refractivity (Wildman–Crippen MR) is 137 cm³/mol. The fourth-order valence-electron chi connectivity index (χ4n) is 4.46. The van der Waals surface area contributed by atoms with Crippen molar-refractivity contribution in [3.63, 3.8) is 0 Å². The molecule has 1 aromatic heterocycles. The number of likely N-dealkylation sites (tertiary alicyclic amines) is 1. The molecular formula is C28H32N4O3. The Morgan fingerprint density at radius 1 is 1.06 bits per heavy atom. The van der Waals surface area contributed by atoms with E-state index in [9.17, 15) is 0 Å². The second-order valence-electron chi connectivity index (χ2n) is 8.84. The summed E-state index contributed by atoms with van der Waals surface area (Å²) < 4.78 is 18.1. The first kappa shape index (κ1) is 23.3. The zero-order valence-corrected chi connectivity index (χ0v) is 20.2. The van der Waals surface area contributed by atoms with Gasteiger partial charge in [0.2, 0.25) is 5.95 Å². The van der Waals surface area contributed by atoms with Crippen LogP contribution >= 0.6 is 0 Å². The van der Waals surface area contributed by atoms with Crippen LogP contribution in [-0.4, -0.2) is 54.3 Å². The van der Waals surface area contributed by atoms with Crippen LogP contribution in [-0.2, 0) is 11.3 Å². The highest BCUT2D eigenvalue weighted by atomic mass is 16.5. The van der Waals surface area contributed by atoms with Crippen molar-refractivity contribution in [3.8, 4) is 22.8 Å². The number of nitrogens with one attached hydrogen (secondary N) is 1. The number of hydrogen-bond donors (Lipinski definition) is 1. The first-order chi connectivity index (χ1) is 17.3. The lowest BCUT2D eigenvalue weighted by molar-refractivity contribution is 0.144. The topological polar surface area (TPSA) is 68.7 Å². The molecule has 0 saturated carbocycles. The molecule has 6 bridgehead atoms. The largest absolute Gasteiger partial charge is 0.492 e. The third-order valence-electron chi connectivity index (χ3n) is 6.37. The second-order valence-corrected chi connectivity index (χ2v) is 8.84. The van der Waals surface area contributed by atoms with Gasteiger partial charge in [-0.15, -0.1) is 0 Å². The molecule has 1 fully saturated rings. The molecule has 0 amide bonds. The van der Waals surface area contributed by atoms with E-state index in [1.807, 2.05) is 42.5 Å². The van der Waals surface area contributed by atoms with Crippen LogP contribution in [0.15, 0.2) is 60.8 Å². The molecule has 2 aromatic carbocycles. The summed E-state index contributed by atoms with van der Waals surface area (Å²) in [5.41, 5.74) is 4.79. The van der Waals surface area contributed by atoms with Gasteiger partial charge in [0.25, 0.3) is 0 Å². The number of anilines is 2. The van der Waals surface area contributed by atoms with Crippen molar-refractivity contribution < 1.29 is 14.2 Å². The number of hydrogen-bond acceptors (Lipinski definition) is 7. The molecule has 0 radical (unpaired) electrons. The number of nitrogens with zero attached hydrogens (tertiary/aromatic N) is 3. The van der Waals surface area contributed by atoms with Gasteiger partial charge >= 0.3 is 0 Å². The Hall–Kier alpha value is -3.42. The third-order valence-corrected chi connectivity index (χ3v) is 6.37. The van der Waals surface area contributed by atoms with Crippen LogP contribution in [0.1, 0.15) is 24.0 Å². The van der Waals surface area contributed by atoms with Crippen LogP contribution in [0.4, 0.5) is 11.6 Å². The predicted octanol–water partition coefficient (Wildman–Crippen LogP) is 5.14. The van der Waals surface area contributed by atoms with E-state index < -0.39 is 0 Å². The lowest BCUT2D eigenvalue weighted by Crippen LogP contribution is -2.25. The molecule has 7 nitrogen and oxygen atoms in total. The minimum Gasteiger partial charge on any atom is -0.492 e. The van der Waals surface area contributed by atoms with Gasteiger partial charge in [-0.3, -0.25) is 4.90 Å². The molecule has 0 spiro atoms. The van der Waals surface area contributed by atoms with Crippen molar-refractivity contribution in [3.05, 3.63) is 71.9 Å². The van der Waals surface area contributed by atoms with Gasteiger partial charge in [-0.05, 0) is 69.3 Å². The van der Waals surface area contributed by atoms with Gasteiger partial charge in [-0.25, -0.2) is 9.97 Å². The molecule has 2 aliphatic heterocycles. The quantitative estimate of drug-likeness (QED) is 0.528. The maximum Gasteiger partial charge on any atom is 0.227 e. The SMILES string of the molecule is Cc1c2cccc1-c1ccnc(n1)Nc1ccc(OCCN3CCCC3)c(c1)COC/C=C/CO2. The third kappa shape index (κ3) is 5.99. The lowest BCUT2D eigenvalue weighted by Gasteiger charge is -2.17. The molecule has 0 aliphatic carbocycles. The van der Waals surface area contributed by atoms with Crippen LogP contribution in [0.25, 0.3) is 11.3 Å². The van der Waals surface area contributed by atoms with Crippen molar-refractivity contribution in [2.45, 2.75) is 26.4 Å². The van der Waals surface area contributed by atoms with Crippen LogP contribution < -0.4 is 14.8 Å². The molecular weight excluding hydrogens is 440 g/mol. The van der Waals surface area contributed by atoms with Crippen LogP contribution in [0.3, 0.4) is 0 Å².